The van der Waals surface area contributed by atoms with Gasteiger partial charge < -0.3 is 5.32 Å². The standard InChI is InChI=1S/C13H16F2N2S/c1-2-3-11-8-17-13(18-11)16-7-9-6-10(14)4-5-12(9)15/h4-6,11H,2-3,7-8H2,1H3,(H,16,17). The molecule has 1 heterocycles. The van der Waals surface area contributed by atoms with Crippen molar-refractivity contribution in [2.75, 3.05) is 6.54 Å². The van der Waals surface area contributed by atoms with Gasteiger partial charge in [-0.05, 0) is 24.6 Å². The van der Waals surface area contributed by atoms with Crippen LogP contribution in [-0.2, 0) is 6.54 Å². The molecule has 2 rings (SSSR count). The first kappa shape index (κ1) is 13.3. The molecule has 0 radical (unpaired) electrons. The Morgan fingerprint density at radius 3 is 3.06 bits per heavy atom. The molecular weight excluding hydrogens is 254 g/mol. The van der Waals surface area contributed by atoms with E-state index in [9.17, 15) is 8.78 Å². The van der Waals surface area contributed by atoms with Crippen LogP contribution < -0.4 is 5.32 Å². The summed E-state index contributed by atoms with van der Waals surface area (Å²) in [5.74, 6) is -0.810. The SMILES string of the molecule is CCCC1CN=C(NCc2cc(F)ccc2F)S1. The molecule has 5 heteroatoms. The summed E-state index contributed by atoms with van der Waals surface area (Å²) >= 11 is 1.69. The first-order valence-corrected chi connectivity index (χ1v) is 6.96. The highest BCUT2D eigenvalue weighted by molar-refractivity contribution is 8.14. The second kappa shape index (κ2) is 6.18. The molecule has 1 N–H and O–H groups in total. The fourth-order valence-corrected chi connectivity index (χ4v) is 2.96. The molecule has 2 nitrogen and oxygen atoms in total. The van der Waals surface area contributed by atoms with E-state index in [1.54, 1.807) is 11.8 Å². The summed E-state index contributed by atoms with van der Waals surface area (Å²) in [5, 5.41) is 4.41. The van der Waals surface area contributed by atoms with Gasteiger partial charge in [-0.25, -0.2) is 8.78 Å². The Balaban J connectivity index is 1.87. The molecule has 98 valence electrons. The fraction of sp³-hybridized carbons (Fsp3) is 0.462. The minimum absolute atomic E-state index is 0.272. The number of nitrogens with zero attached hydrogens (tertiary/aromatic N) is 1. The molecule has 1 aliphatic heterocycles. The topological polar surface area (TPSA) is 24.4 Å². The normalized spacial score (nSPS) is 18.8. The third-order valence-corrected chi connectivity index (χ3v) is 3.98. The van der Waals surface area contributed by atoms with Crippen molar-refractivity contribution in [3.8, 4) is 0 Å². The Labute approximate surface area is 110 Å². The third kappa shape index (κ3) is 3.45. The summed E-state index contributed by atoms with van der Waals surface area (Å²) in [5.41, 5.74) is 0.331. The van der Waals surface area contributed by atoms with Gasteiger partial charge in [-0.1, -0.05) is 25.1 Å². The number of hydrogen-bond acceptors (Lipinski definition) is 3. The van der Waals surface area contributed by atoms with Gasteiger partial charge in [0, 0.05) is 17.4 Å². The molecule has 1 aromatic rings. The molecule has 0 aromatic heterocycles. The van der Waals surface area contributed by atoms with Crippen LogP contribution in [0.4, 0.5) is 8.78 Å². The summed E-state index contributed by atoms with van der Waals surface area (Å²) in [4.78, 5) is 4.36. The molecule has 0 amide bonds. The maximum Gasteiger partial charge on any atom is 0.157 e. The lowest BCUT2D eigenvalue weighted by molar-refractivity contribution is 0.582. The monoisotopic (exact) mass is 270 g/mol. The summed E-state index contributed by atoms with van der Waals surface area (Å²) in [6, 6.07) is 3.49. The van der Waals surface area contributed by atoms with E-state index < -0.39 is 11.6 Å². The molecular formula is C13H16F2N2S. The average Bonchev–Trinajstić information content (AvgIpc) is 2.79. The van der Waals surface area contributed by atoms with Crippen molar-refractivity contribution >= 4 is 16.9 Å². The van der Waals surface area contributed by atoms with Gasteiger partial charge in [0.1, 0.15) is 11.6 Å². The van der Waals surface area contributed by atoms with Gasteiger partial charge in [0.25, 0.3) is 0 Å². The number of nitrogens with one attached hydrogen (secondary N) is 1. The highest BCUT2D eigenvalue weighted by Gasteiger charge is 2.18. The first-order chi connectivity index (χ1) is 8.69. The van der Waals surface area contributed by atoms with Crippen LogP contribution in [0.25, 0.3) is 0 Å². The summed E-state index contributed by atoms with van der Waals surface area (Å²) in [6.07, 6.45) is 2.27. The van der Waals surface area contributed by atoms with Gasteiger partial charge in [-0.3, -0.25) is 4.99 Å². The second-order valence-corrected chi connectivity index (χ2v) is 5.55. The van der Waals surface area contributed by atoms with Gasteiger partial charge in [0.15, 0.2) is 5.17 Å². The molecule has 1 atom stereocenters. The number of halogens is 2. The highest BCUT2D eigenvalue weighted by Crippen LogP contribution is 2.23. The fourth-order valence-electron chi connectivity index (χ4n) is 1.84. The van der Waals surface area contributed by atoms with E-state index in [1.165, 1.54) is 6.07 Å². The maximum absolute atomic E-state index is 13.4. The quantitative estimate of drug-likeness (QED) is 0.907. The van der Waals surface area contributed by atoms with Crippen LogP contribution in [0.1, 0.15) is 25.3 Å². The van der Waals surface area contributed by atoms with Crippen molar-refractivity contribution in [2.24, 2.45) is 4.99 Å². The van der Waals surface area contributed by atoms with Crippen LogP contribution in [0.5, 0.6) is 0 Å². The Kier molecular flexibility index (Phi) is 4.58. The third-order valence-electron chi connectivity index (χ3n) is 2.77. The molecule has 1 unspecified atom stereocenters. The summed E-state index contributed by atoms with van der Waals surface area (Å²) < 4.78 is 26.4. The first-order valence-electron chi connectivity index (χ1n) is 6.08. The average molecular weight is 270 g/mol. The summed E-state index contributed by atoms with van der Waals surface area (Å²) in [7, 11) is 0. The van der Waals surface area contributed by atoms with Gasteiger partial charge >= 0.3 is 0 Å². The molecule has 0 aliphatic carbocycles. The Morgan fingerprint density at radius 1 is 1.44 bits per heavy atom. The van der Waals surface area contributed by atoms with Crippen molar-refractivity contribution < 1.29 is 8.78 Å². The minimum Gasteiger partial charge on any atom is -0.361 e. The van der Waals surface area contributed by atoms with E-state index in [-0.39, 0.29) is 6.54 Å². The smallest absolute Gasteiger partial charge is 0.157 e. The lowest BCUT2D eigenvalue weighted by Gasteiger charge is -2.08. The maximum atomic E-state index is 13.4. The van der Waals surface area contributed by atoms with E-state index in [2.05, 4.69) is 17.2 Å². The van der Waals surface area contributed by atoms with Crippen molar-refractivity contribution in [3.05, 3.63) is 35.4 Å². The Bertz CT molecular complexity index is 449. The zero-order valence-electron chi connectivity index (χ0n) is 10.2. The molecule has 0 spiro atoms. The number of hydrogen-bond donors (Lipinski definition) is 1. The van der Waals surface area contributed by atoms with E-state index in [4.69, 9.17) is 0 Å². The Hall–Kier alpha value is -1.10. The van der Waals surface area contributed by atoms with Crippen LogP contribution in [0, 0.1) is 11.6 Å². The van der Waals surface area contributed by atoms with Gasteiger partial charge in [0.2, 0.25) is 0 Å². The molecule has 0 saturated carbocycles. The van der Waals surface area contributed by atoms with Gasteiger partial charge in [0.05, 0.1) is 6.54 Å². The molecule has 18 heavy (non-hydrogen) atoms. The van der Waals surface area contributed by atoms with Gasteiger partial charge in [-0.2, -0.15) is 0 Å². The van der Waals surface area contributed by atoms with E-state index in [1.807, 2.05) is 0 Å². The van der Waals surface area contributed by atoms with Crippen molar-refractivity contribution in [3.63, 3.8) is 0 Å². The zero-order valence-corrected chi connectivity index (χ0v) is 11.1. The largest absolute Gasteiger partial charge is 0.361 e. The lowest BCUT2D eigenvalue weighted by atomic mass is 10.2. The second-order valence-electron chi connectivity index (χ2n) is 4.26. The molecule has 0 saturated heterocycles. The van der Waals surface area contributed by atoms with Crippen LogP contribution >= 0.6 is 11.8 Å². The Morgan fingerprint density at radius 2 is 2.28 bits per heavy atom. The van der Waals surface area contributed by atoms with E-state index in [0.717, 1.165) is 36.7 Å². The van der Waals surface area contributed by atoms with Crippen molar-refractivity contribution in [2.45, 2.75) is 31.6 Å². The van der Waals surface area contributed by atoms with E-state index >= 15 is 0 Å². The van der Waals surface area contributed by atoms with Crippen molar-refractivity contribution in [1.82, 2.24) is 5.32 Å². The highest BCUT2D eigenvalue weighted by atomic mass is 32.2. The molecule has 1 aliphatic rings. The minimum atomic E-state index is -0.418. The molecule has 0 fully saturated rings. The predicted molar refractivity (Wildman–Crippen MR) is 71.8 cm³/mol. The lowest BCUT2D eigenvalue weighted by Crippen LogP contribution is -2.19. The van der Waals surface area contributed by atoms with Crippen LogP contribution in [0.15, 0.2) is 23.2 Å². The van der Waals surface area contributed by atoms with Crippen molar-refractivity contribution in [1.29, 1.82) is 0 Å². The van der Waals surface area contributed by atoms with Crippen LogP contribution in [0.3, 0.4) is 0 Å². The number of amidine groups is 1. The van der Waals surface area contributed by atoms with Crippen LogP contribution in [-0.4, -0.2) is 17.0 Å². The number of thioether (sulfide) groups is 1. The number of benzene rings is 1. The van der Waals surface area contributed by atoms with E-state index in [0.29, 0.717) is 10.8 Å². The molecule has 1 aromatic carbocycles. The summed E-state index contributed by atoms with van der Waals surface area (Å²) in [6.45, 7) is 3.23. The predicted octanol–water partition coefficient (Wildman–Crippen LogP) is 3.33. The number of aliphatic imine (C=N–C) groups is 1. The zero-order chi connectivity index (χ0) is 13.0. The number of rotatable bonds is 4. The van der Waals surface area contributed by atoms with Gasteiger partial charge in [-0.15, -0.1) is 0 Å². The molecule has 0 bridgehead atoms. The van der Waals surface area contributed by atoms with Crippen LogP contribution in [0.2, 0.25) is 0 Å².